The first-order valence-corrected chi connectivity index (χ1v) is 8.32. The maximum atomic E-state index is 12.8. The lowest BCUT2D eigenvalue weighted by Crippen LogP contribution is -2.50. The van der Waals surface area contributed by atoms with Crippen molar-refractivity contribution >= 4 is 10.8 Å². The van der Waals surface area contributed by atoms with Gasteiger partial charge in [-0.1, -0.05) is 12.1 Å². The van der Waals surface area contributed by atoms with Crippen LogP contribution in [0.15, 0.2) is 29.2 Å². The topological polar surface area (TPSA) is 61.6 Å². The summed E-state index contributed by atoms with van der Waals surface area (Å²) in [6, 6.07) is 7.77. The highest BCUT2D eigenvalue weighted by Gasteiger charge is 2.46. The second-order valence-electron chi connectivity index (χ2n) is 5.67. The summed E-state index contributed by atoms with van der Waals surface area (Å²) in [6.07, 6.45) is 2.21. The Kier molecular flexibility index (Phi) is 3.95. The molecule has 2 aliphatic rings. The van der Waals surface area contributed by atoms with Crippen molar-refractivity contribution in [2.24, 2.45) is 5.73 Å². The van der Waals surface area contributed by atoms with E-state index in [2.05, 4.69) is 0 Å². The minimum absolute atomic E-state index is 0.0604. The zero-order valence-electron chi connectivity index (χ0n) is 11.7. The predicted molar refractivity (Wildman–Crippen MR) is 77.8 cm³/mol. The zero-order chi connectivity index (χ0) is 14.2. The predicted octanol–water partition coefficient (Wildman–Crippen LogP) is 1.73. The third kappa shape index (κ3) is 2.68. The van der Waals surface area contributed by atoms with Crippen molar-refractivity contribution < 1.29 is 13.7 Å². The largest absolute Gasteiger partial charge is 0.347 e. The van der Waals surface area contributed by atoms with Crippen molar-refractivity contribution in [2.45, 2.75) is 48.2 Å². The summed E-state index contributed by atoms with van der Waals surface area (Å²) in [4.78, 5) is 0.848. The Morgan fingerprint density at radius 2 is 2.10 bits per heavy atom. The van der Waals surface area contributed by atoms with Crippen LogP contribution in [0.5, 0.6) is 0 Å². The molecule has 1 heterocycles. The number of aryl methyl sites for hydroxylation is 1. The quantitative estimate of drug-likeness (QED) is 0.902. The van der Waals surface area contributed by atoms with Crippen LogP contribution in [0.25, 0.3) is 0 Å². The van der Waals surface area contributed by atoms with Gasteiger partial charge in [-0.15, -0.1) is 0 Å². The molecule has 1 spiro atoms. The SMILES string of the molecule is Cc1cccc(S(=O)C2CC3(CCC2N)OCCO3)c1. The van der Waals surface area contributed by atoms with Crippen molar-refractivity contribution in [3.05, 3.63) is 29.8 Å². The van der Waals surface area contributed by atoms with Gasteiger partial charge in [0.15, 0.2) is 5.79 Å². The summed E-state index contributed by atoms with van der Waals surface area (Å²) >= 11 is 0. The monoisotopic (exact) mass is 295 g/mol. The summed E-state index contributed by atoms with van der Waals surface area (Å²) in [5.41, 5.74) is 7.32. The number of nitrogens with two attached hydrogens (primary N) is 1. The van der Waals surface area contributed by atoms with Gasteiger partial charge in [0, 0.05) is 23.8 Å². The number of hydrogen-bond donors (Lipinski definition) is 1. The van der Waals surface area contributed by atoms with Crippen LogP contribution in [0.3, 0.4) is 0 Å². The van der Waals surface area contributed by atoms with Gasteiger partial charge in [-0.05, 0) is 31.0 Å². The Morgan fingerprint density at radius 1 is 1.35 bits per heavy atom. The highest BCUT2D eigenvalue weighted by molar-refractivity contribution is 7.85. The average Bonchev–Trinajstić information content (AvgIpc) is 2.89. The molecule has 1 aromatic rings. The van der Waals surface area contributed by atoms with Crippen molar-refractivity contribution in [2.75, 3.05) is 13.2 Å². The lowest BCUT2D eigenvalue weighted by Gasteiger charge is -2.39. The van der Waals surface area contributed by atoms with Gasteiger partial charge in [0.25, 0.3) is 0 Å². The van der Waals surface area contributed by atoms with E-state index in [-0.39, 0.29) is 11.3 Å². The van der Waals surface area contributed by atoms with E-state index in [9.17, 15) is 4.21 Å². The van der Waals surface area contributed by atoms with E-state index in [1.54, 1.807) is 0 Å². The molecule has 0 radical (unpaired) electrons. The number of hydrogen-bond acceptors (Lipinski definition) is 4. The van der Waals surface area contributed by atoms with Crippen molar-refractivity contribution in [1.29, 1.82) is 0 Å². The van der Waals surface area contributed by atoms with Crippen LogP contribution in [0.1, 0.15) is 24.8 Å². The first kappa shape index (κ1) is 14.2. The molecule has 2 N–H and O–H groups in total. The summed E-state index contributed by atoms with van der Waals surface area (Å²) in [5.74, 6) is -0.542. The van der Waals surface area contributed by atoms with Gasteiger partial charge in [-0.25, -0.2) is 0 Å². The fourth-order valence-corrected chi connectivity index (χ4v) is 4.76. The van der Waals surface area contributed by atoms with Crippen molar-refractivity contribution in [1.82, 2.24) is 0 Å². The third-order valence-electron chi connectivity index (χ3n) is 4.16. The molecule has 110 valence electrons. The van der Waals surface area contributed by atoms with Gasteiger partial charge in [-0.3, -0.25) is 4.21 Å². The van der Waals surface area contributed by atoms with Gasteiger partial charge in [0.1, 0.15) is 0 Å². The standard InChI is InChI=1S/C15H21NO3S/c1-11-3-2-4-12(9-11)20(17)14-10-15(6-5-13(14)16)18-7-8-19-15/h2-4,9,13-14H,5-8,10,16H2,1H3. The van der Waals surface area contributed by atoms with Crippen LogP contribution in [0.2, 0.25) is 0 Å². The van der Waals surface area contributed by atoms with E-state index >= 15 is 0 Å². The van der Waals surface area contributed by atoms with Crippen molar-refractivity contribution in [3.63, 3.8) is 0 Å². The van der Waals surface area contributed by atoms with Gasteiger partial charge in [0.05, 0.1) is 29.3 Å². The van der Waals surface area contributed by atoms with E-state index < -0.39 is 16.6 Å². The molecule has 2 fully saturated rings. The summed E-state index contributed by atoms with van der Waals surface area (Å²) in [6.45, 7) is 3.25. The molecule has 4 nitrogen and oxygen atoms in total. The van der Waals surface area contributed by atoms with Crippen LogP contribution in [0, 0.1) is 6.92 Å². The molecule has 1 aromatic carbocycles. The minimum atomic E-state index is -1.12. The molecule has 3 unspecified atom stereocenters. The molecule has 1 saturated heterocycles. The zero-order valence-corrected chi connectivity index (χ0v) is 12.5. The molecule has 0 amide bonds. The van der Waals surface area contributed by atoms with E-state index in [1.165, 1.54) is 0 Å². The lowest BCUT2D eigenvalue weighted by molar-refractivity contribution is -0.177. The second kappa shape index (κ2) is 5.56. The Balaban J connectivity index is 1.82. The van der Waals surface area contributed by atoms with Crippen LogP contribution in [-0.2, 0) is 20.3 Å². The Morgan fingerprint density at radius 3 is 2.80 bits per heavy atom. The van der Waals surface area contributed by atoms with Crippen molar-refractivity contribution in [3.8, 4) is 0 Å². The normalized spacial score (nSPS) is 30.5. The molecule has 20 heavy (non-hydrogen) atoms. The van der Waals surface area contributed by atoms with Crippen LogP contribution >= 0.6 is 0 Å². The molecule has 1 aliphatic carbocycles. The Labute approximate surface area is 122 Å². The van der Waals surface area contributed by atoms with Gasteiger partial charge >= 0.3 is 0 Å². The summed E-state index contributed by atoms with van der Waals surface area (Å²) < 4.78 is 24.3. The number of ether oxygens (including phenoxy) is 2. The molecule has 0 bridgehead atoms. The van der Waals surface area contributed by atoms with Gasteiger partial charge in [-0.2, -0.15) is 0 Å². The van der Waals surface area contributed by atoms with Crippen LogP contribution in [0.4, 0.5) is 0 Å². The summed E-state index contributed by atoms with van der Waals surface area (Å²) in [7, 11) is -1.12. The number of rotatable bonds is 2. The lowest BCUT2D eigenvalue weighted by atomic mass is 9.90. The van der Waals surface area contributed by atoms with E-state index in [4.69, 9.17) is 15.2 Å². The van der Waals surface area contributed by atoms with Gasteiger partial charge < -0.3 is 15.2 Å². The molecule has 3 atom stereocenters. The fraction of sp³-hybridized carbons (Fsp3) is 0.600. The molecule has 5 heteroatoms. The Hall–Kier alpha value is -0.750. The maximum absolute atomic E-state index is 12.8. The highest BCUT2D eigenvalue weighted by atomic mass is 32.2. The van der Waals surface area contributed by atoms with Crippen LogP contribution < -0.4 is 5.73 Å². The fourth-order valence-electron chi connectivity index (χ4n) is 3.04. The highest BCUT2D eigenvalue weighted by Crippen LogP contribution is 2.38. The van der Waals surface area contributed by atoms with Crippen LogP contribution in [-0.4, -0.2) is 34.5 Å². The molecular weight excluding hydrogens is 274 g/mol. The van der Waals surface area contributed by atoms with Gasteiger partial charge in [0.2, 0.25) is 0 Å². The smallest absolute Gasteiger partial charge is 0.169 e. The van der Waals surface area contributed by atoms with E-state index in [1.807, 2.05) is 31.2 Å². The first-order valence-electron chi connectivity index (χ1n) is 7.10. The summed E-state index contributed by atoms with van der Waals surface area (Å²) in [5, 5.41) is -0.108. The van der Waals surface area contributed by atoms with E-state index in [0.29, 0.717) is 19.6 Å². The maximum Gasteiger partial charge on any atom is 0.169 e. The van der Waals surface area contributed by atoms with E-state index in [0.717, 1.165) is 23.3 Å². The average molecular weight is 295 g/mol. The number of benzene rings is 1. The molecule has 3 rings (SSSR count). The Bertz CT molecular complexity index is 514. The molecule has 1 aliphatic heterocycles. The molecule has 0 aromatic heterocycles. The minimum Gasteiger partial charge on any atom is -0.347 e. The molecule has 1 saturated carbocycles. The first-order chi connectivity index (χ1) is 9.60. The third-order valence-corrected chi connectivity index (χ3v) is 5.94. The second-order valence-corrected chi connectivity index (χ2v) is 7.34. The molecular formula is C15H21NO3S.